The lowest BCUT2D eigenvalue weighted by atomic mass is 9.76. The molecule has 0 radical (unpaired) electrons. The van der Waals surface area contributed by atoms with Gasteiger partial charge in [0, 0.05) is 1.43 Å². The van der Waals surface area contributed by atoms with Crippen molar-refractivity contribution in [1.82, 2.24) is 0 Å². The molecule has 0 atom stereocenters. The lowest BCUT2D eigenvalue weighted by molar-refractivity contribution is 0.0694. The molecule has 2 heteroatoms. The van der Waals surface area contributed by atoms with E-state index in [0.717, 1.165) is 30.7 Å². The SMILES string of the molecule is C=CCC1CCC(c2ccccc2C(=O)O)CC1.[HH]. The van der Waals surface area contributed by atoms with Crippen LogP contribution in [-0.2, 0) is 0 Å². The van der Waals surface area contributed by atoms with E-state index in [1.165, 1.54) is 12.8 Å². The number of carboxylic acid groups (broad SMARTS) is 1. The minimum atomic E-state index is -0.807. The van der Waals surface area contributed by atoms with Crippen LogP contribution in [0.3, 0.4) is 0 Å². The summed E-state index contributed by atoms with van der Waals surface area (Å²) in [7, 11) is 0. The smallest absolute Gasteiger partial charge is 0.335 e. The van der Waals surface area contributed by atoms with Crippen LogP contribution in [0.1, 0.15) is 55.4 Å². The van der Waals surface area contributed by atoms with Crippen molar-refractivity contribution in [2.75, 3.05) is 0 Å². The van der Waals surface area contributed by atoms with Crippen molar-refractivity contribution < 1.29 is 11.3 Å². The van der Waals surface area contributed by atoms with Gasteiger partial charge < -0.3 is 5.11 Å². The third-order valence-electron chi connectivity index (χ3n) is 3.98. The van der Waals surface area contributed by atoms with Gasteiger partial charge in [0.2, 0.25) is 0 Å². The molecule has 0 unspecified atom stereocenters. The second-order valence-corrected chi connectivity index (χ2v) is 5.13. The molecular formula is C16H22O2. The molecule has 0 aliphatic heterocycles. The highest BCUT2D eigenvalue weighted by atomic mass is 16.4. The summed E-state index contributed by atoms with van der Waals surface area (Å²) in [5.41, 5.74) is 1.49. The maximum absolute atomic E-state index is 11.2. The molecule has 0 spiro atoms. The van der Waals surface area contributed by atoms with Gasteiger partial charge in [-0.2, -0.15) is 0 Å². The molecule has 0 bridgehead atoms. The number of carboxylic acids is 1. The molecule has 0 saturated heterocycles. The van der Waals surface area contributed by atoms with Gasteiger partial charge in [-0.15, -0.1) is 6.58 Å². The largest absolute Gasteiger partial charge is 0.478 e. The summed E-state index contributed by atoms with van der Waals surface area (Å²) in [5, 5.41) is 9.22. The summed E-state index contributed by atoms with van der Waals surface area (Å²) in [6.07, 6.45) is 7.66. The van der Waals surface area contributed by atoms with E-state index in [9.17, 15) is 9.90 Å². The summed E-state index contributed by atoms with van der Waals surface area (Å²) in [5.74, 6) is 0.355. The van der Waals surface area contributed by atoms with Gasteiger partial charge in [-0.3, -0.25) is 0 Å². The highest BCUT2D eigenvalue weighted by Gasteiger charge is 2.24. The minimum absolute atomic E-state index is 0. The van der Waals surface area contributed by atoms with E-state index in [1.54, 1.807) is 12.1 Å². The Balaban J connectivity index is 0.00000180. The summed E-state index contributed by atoms with van der Waals surface area (Å²) in [4.78, 5) is 11.2. The van der Waals surface area contributed by atoms with E-state index in [2.05, 4.69) is 6.58 Å². The van der Waals surface area contributed by atoms with E-state index in [0.29, 0.717) is 11.5 Å². The Morgan fingerprint density at radius 1 is 1.33 bits per heavy atom. The first kappa shape index (κ1) is 12.9. The Labute approximate surface area is 110 Å². The molecular weight excluding hydrogens is 224 g/mol. The summed E-state index contributed by atoms with van der Waals surface area (Å²) < 4.78 is 0. The number of benzene rings is 1. The summed E-state index contributed by atoms with van der Waals surface area (Å²) in [6.45, 7) is 3.79. The number of carbonyl (C=O) groups is 1. The van der Waals surface area contributed by atoms with Gasteiger partial charge in [-0.25, -0.2) is 4.79 Å². The Morgan fingerprint density at radius 2 is 2.00 bits per heavy atom. The quantitative estimate of drug-likeness (QED) is 0.795. The molecule has 0 heterocycles. The highest BCUT2D eigenvalue weighted by molar-refractivity contribution is 5.89. The fourth-order valence-electron chi connectivity index (χ4n) is 2.99. The van der Waals surface area contributed by atoms with Crippen LogP contribution in [0.5, 0.6) is 0 Å². The molecule has 1 aromatic rings. The molecule has 2 rings (SSSR count). The lowest BCUT2D eigenvalue weighted by Gasteiger charge is -2.28. The first-order chi connectivity index (χ1) is 8.72. The van der Waals surface area contributed by atoms with Gasteiger partial charge in [0.05, 0.1) is 5.56 Å². The van der Waals surface area contributed by atoms with E-state index >= 15 is 0 Å². The zero-order valence-corrected chi connectivity index (χ0v) is 10.6. The topological polar surface area (TPSA) is 37.3 Å². The Morgan fingerprint density at radius 3 is 2.61 bits per heavy atom. The first-order valence-electron chi connectivity index (χ1n) is 6.65. The van der Waals surface area contributed by atoms with Crippen molar-refractivity contribution >= 4 is 5.97 Å². The molecule has 1 aromatic carbocycles. The summed E-state index contributed by atoms with van der Waals surface area (Å²) in [6, 6.07) is 7.43. The van der Waals surface area contributed by atoms with Gasteiger partial charge in [0.15, 0.2) is 0 Å². The van der Waals surface area contributed by atoms with Gasteiger partial charge in [-0.05, 0) is 55.6 Å². The van der Waals surface area contributed by atoms with E-state index in [1.807, 2.05) is 18.2 Å². The van der Waals surface area contributed by atoms with Crippen LogP contribution in [0.25, 0.3) is 0 Å². The van der Waals surface area contributed by atoms with Gasteiger partial charge in [0.25, 0.3) is 0 Å². The van der Waals surface area contributed by atoms with Crippen molar-refractivity contribution in [1.29, 1.82) is 0 Å². The summed E-state index contributed by atoms with van der Waals surface area (Å²) >= 11 is 0. The Hall–Kier alpha value is -1.57. The van der Waals surface area contributed by atoms with Crippen LogP contribution in [0.4, 0.5) is 0 Å². The molecule has 1 N–H and O–H groups in total. The predicted molar refractivity (Wildman–Crippen MR) is 75.0 cm³/mol. The van der Waals surface area contributed by atoms with E-state index < -0.39 is 5.97 Å². The fourth-order valence-corrected chi connectivity index (χ4v) is 2.99. The first-order valence-corrected chi connectivity index (χ1v) is 6.65. The van der Waals surface area contributed by atoms with Crippen molar-refractivity contribution in [3.05, 3.63) is 48.0 Å². The van der Waals surface area contributed by atoms with Crippen LogP contribution in [0.15, 0.2) is 36.9 Å². The number of hydrogen-bond donors (Lipinski definition) is 1. The molecule has 2 nitrogen and oxygen atoms in total. The average Bonchev–Trinajstić information content (AvgIpc) is 2.40. The second-order valence-electron chi connectivity index (χ2n) is 5.13. The zero-order chi connectivity index (χ0) is 13.0. The molecule has 1 saturated carbocycles. The van der Waals surface area contributed by atoms with Gasteiger partial charge in [0.1, 0.15) is 0 Å². The van der Waals surface area contributed by atoms with Crippen molar-refractivity contribution in [3.8, 4) is 0 Å². The molecule has 0 amide bonds. The maximum Gasteiger partial charge on any atom is 0.335 e. The van der Waals surface area contributed by atoms with Crippen LogP contribution < -0.4 is 0 Å². The van der Waals surface area contributed by atoms with Crippen molar-refractivity contribution in [2.24, 2.45) is 5.92 Å². The molecule has 1 aliphatic rings. The second kappa shape index (κ2) is 5.85. The third kappa shape index (κ3) is 2.81. The minimum Gasteiger partial charge on any atom is -0.478 e. The monoisotopic (exact) mass is 246 g/mol. The standard InChI is InChI=1S/C16H20O2.H2/c1-2-5-12-8-10-13(11-9-12)14-6-3-4-7-15(14)16(17)18;/h2-4,6-7,12-13H,1,5,8-11H2,(H,17,18);1H. The Bertz CT molecular complexity index is 434. The molecule has 18 heavy (non-hydrogen) atoms. The van der Waals surface area contributed by atoms with Crippen LogP contribution in [0.2, 0.25) is 0 Å². The average molecular weight is 246 g/mol. The number of hydrogen-bond acceptors (Lipinski definition) is 1. The Kier molecular flexibility index (Phi) is 4.19. The molecule has 1 fully saturated rings. The predicted octanol–water partition coefficient (Wildman–Crippen LogP) is 4.48. The number of allylic oxidation sites excluding steroid dienone is 1. The highest BCUT2D eigenvalue weighted by Crippen LogP contribution is 2.38. The fraction of sp³-hybridized carbons (Fsp3) is 0.438. The lowest BCUT2D eigenvalue weighted by Crippen LogP contribution is -2.15. The normalized spacial score (nSPS) is 23.6. The number of aromatic carboxylic acids is 1. The molecule has 1 aliphatic carbocycles. The molecule has 0 aromatic heterocycles. The van der Waals surface area contributed by atoms with Gasteiger partial charge in [-0.1, -0.05) is 24.3 Å². The van der Waals surface area contributed by atoms with Gasteiger partial charge >= 0.3 is 5.97 Å². The van der Waals surface area contributed by atoms with Crippen LogP contribution >= 0.6 is 0 Å². The van der Waals surface area contributed by atoms with E-state index in [-0.39, 0.29) is 1.43 Å². The number of rotatable bonds is 4. The van der Waals surface area contributed by atoms with Crippen LogP contribution in [0, 0.1) is 5.92 Å². The maximum atomic E-state index is 11.2. The van der Waals surface area contributed by atoms with E-state index in [4.69, 9.17) is 0 Å². The molecule has 98 valence electrons. The van der Waals surface area contributed by atoms with Crippen molar-refractivity contribution in [2.45, 2.75) is 38.0 Å². The van der Waals surface area contributed by atoms with Crippen LogP contribution in [-0.4, -0.2) is 11.1 Å². The van der Waals surface area contributed by atoms with Crippen molar-refractivity contribution in [3.63, 3.8) is 0 Å². The third-order valence-corrected chi connectivity index (χ3v) is 3.98. The zero-order valence-electron chi connectivity index (χ0n) is 10.6.